The van der Waals surface area contributed by atoms with Gasteiger partial charge in [-0.1, -0.05) is 0 Å². The zero-order chi connectivity index (χ0) is 15.0. The highest BCUT2D eigenvalue weighted by molar-refractivity contribution is 7.98. The number of nitrogens with zero attached hydrogens (tertiary/aromatic N) is 2. The molecule has 0 saturated carbocycles. The summed E-state index contributed by atoms with van der Waals surface area (Å²) in [4.78, 5) is 28.0. The minimum atomic E-state index is -4.57. The van der Waals surface area contributed by atoms with Gasteiger partial charge in [0.25, 0.3) is 0 Å². The molecule has 0 aliphatic carbocycles. The van der Waals surface area contributed by atoms with E-state index in [-0.39, 0.29) is 5.96 Å². The van der Waals surface area contributed by atoms with Crippen LogP contribution in [0.3, 0.4) is 0 Å². The summed E-state index contributed by atoms with van der Waals surface area (Å²) in [5.74, 6) is 1.73. The first-order chi connectivity index (χ1) is 9.42. The first-order valence-electron chi connectivity index (χ1n) is 5.70. The fraction of sp³-hybridized carbons (Fsp3) is 0.556. The second-order valence-electron chi connectivity index (χ2n) is 3.71. The highest BCUT2D eigenvalue weighted by Gasteiger charge is 2.15. The van der Waals surface area contributed by atoms with Gasteiger partial charge in [0.15, 0.2) is 0 Å². The third kappa shape index (κ3) is 6.92. The first kappa shape index (κ1) is 17.0. The maximum atomic E-state index is 10.5. The molecule has 0 unspecified atom stereocenters. The topological polar surface area (TPSA) is 132 Å². The Hall–Kier alpha value is -1.06. The summed E-state index contributed by atoms with van der Waals surface area (Å²) >= 11 is 1.68. The molecule has 1 rings (SSSR count). The number of nitrogens with one attached hydrogen (secondary N) is 3. The maximum Gasteiger partial charge on any atom is 0.491 e. The second-order valence-corrected chi connectivity index (χ2v) is 5.98. The molecule has 0 bridgehead atoms. The average Bonchev–Trinajstić information content (AvgIpc) is 2.77. The van der Waals surface area contributed by atoms with E-state index in [1.807, 2.05) is 6.92 Å². The number of rotatable bonds is 7. The largest absolute Gasteiger partial charge is 0.491 e. The van der Waals surface area contributed by atoms with Gasteiger partial charge in [0.2, 0.25) is 5.96 Å². The van der Waals surface area contributed by atoms with Crippen molar-refractivity contribution in [1.82, 2.24) is 20.8 Å². The molecule has 0 aliphatic heterocycles. The number of hydrogen-bond donors (Lipinski definition) is 5. The van der Waals surface area contributed by atoms with E-state index >= 15 is 0 Å². The monoisotopic (exact) mass is 323 g/mol. The van der Waals surface area contributed by atoms with E-state index in [1.54, 1.807) is 18.1 Å². The van der Waals surface area contributed by atoms with Crippen LogP contribution in [-0.4, -0.2) is 45.1 Å². The van der Waals surface area contributed by atoms with Gasteiger partial charge >= 0.3 is 7.82 Å². The Bertz CT molecular complexity index is 488. The number of H-pyrrole nitrogens is 1. The highest BCUT2D eigenvalue weighted by atomic mass is 32.2. The highest BCUT2D eigenvalue weighted by Crippen LogP contribution is 2.33. The lowest BCUT2D eigenvalue weighted by Crippen LogP contribution is -2.37. The zero-order valence-electron chi connectivity index (χ0n) is 11.2. The lowest BCUT2D eigenvalue weighted by Gasteiger charge is -2.11. The Labute approximate surface area is 120 Å². The van der Waals surface area contributed by atoms with E-state index < -0.39 is 7.82 Å². The van der Waals surface area contributed by atoms with Crippen LogP contribution in [0.5, 0.6) is 0 Å². The Morgan fingerprint density at radius 3 is 2.95 bits per heavy atom. The lowest BCUT2D eigenvalue weighted by atomic mass is 10.4. The van der Waals surface area contributed by atoms with Crippen molar-refractivity contribution in [3.63, 3.8) is 0 Å². The van der Waals surface area contributed by atoms with Crippen LogP contribution < -0.4 is 10.8 Å². The van der Waals surface area contributed by atoms with Gasteiger partial charge in [-0.3, -0.25) is 4.99 Å². The second kappa shape index (κ2) is 8.28. The number of aryl methyl sites for hydroxylation is 1. The molecule has 0 atom stereocenters. The van der Waals surface area contributed by atoms with Crippen molar-refractivity contribution in [3.05, 3.63) is 17.7 Å². The average molecular weight is 323 g/mol. The fourth-order valence-corrected chi connectivity index (χ4v) is 2.29. The Morgan fingerprint density at radius 1 is 1.65 bits per heavy atom. The van der Waals surface area contributed by atoms with Crippen LogP contribution in [0.2, 0.25) is 0 Å². The number of guanidine groups is 1. The molecule has 1 heterocycles. The quantitative estimate of drug-likeness (QED) is 0.157. The number of hydroxylamine groups is 1. The molecule has 0 saturated heterocycles. The predicted octanol–water partition coefficient (Wildman–Crippen LogP) is 0.141. The minimum absolute atomic E-state index is 0.157. The standard InChI is InChI=1S/C9H18N5O4PS/c1-7-8(13-6-12-7)5-20-4-3-11-9(10-2)14-18-19(15,16)17/h6H,3-5H2,1-2H3,(H,12,13)(H2,10,11,14)(H2,15,16,17). The molecule has 5 N–H and O–H groups in total. The summed E-state index contributed by atoms with van der Waals surface area (Å²) in [6.07, 6.45) is 1.66. The van der Waals surface area contributed by atoms with Crippen LogP contribution >= 0.6 is 19.6 Å². The Kier molecular flexibility index (Phi) is 7.03. The van der Waals surface area contributed by atoms with Gasteiger partial charge in [0, 0.05) is 30.8 Å². The summed E-state index contributed by atoms with van der Waals surface area (Å²) in [5.41, 5.74) is 4.14. The van der Waals surface area contributed by atoms with Gasteiger partial charge in [0.05, 0.1) is 12.0 Å². The molecule has 0 aromatic carbocycles. The molecule has 11 heteroatoms. The van der Waals surface area contributed by atoms with Crippen LogP contribution in [-0.2, 0) is 14.9 Å². The molecular formula is C9H18N5O4PS. The van der Waals surface area contributed by atoms with E-state index in [9.17, 15) is 4.57 Å². The summed E-state index contributed by atoms with van der Waals surface area (Å²) < 4.78 is 14.6. The van der Waals surface area contributed by atoms with E-state index in [0.717, 1.165) is 22.9 Å². The molecule has 1 aromatic rings. The van der Waals surface area contributed by atoms with Crippen LogP contribution in [0.15, 0.2) is 11.3 Å². The third-order valence-electron chi connectivity index (χ3n) is 2.20. The van der Waals surface area contributed by atoms with Crippen LogP contribution in [0.4, 0.5) is 0 Å². The zero-order valence-corrected chi connectivity index (χ0v) is 12.9. The molecule has 9 nitrogen and oxygen atoms in total. The molecule has 114 valence electrons. The smallest absolute Gasteiger partial charge is 0.354 e. The van der Waals surface area contributed by atoms with E-state index in [1.165, 1.54) is 7.05 Å². The van der Waals surface area contributed by atoms with Gasteiger partial charge in [-0.05, 0) is 6.92 Å². The molecule has 0 radical (unpaired) electrons. The number of aliphatic imine (C=N–C) groups is 1. The van der Waals surface area contributed by atoms with Crippen molar-refractivity contribution in [2.75, 3.05) is 19.3 Å². The minimum Gasteiger partial charge on any atom is -0.354 e. The van der Waals surface area contributed by atoms with Gasteiger partial charge in [0.1, 0.15) is 0 Å². The van der Waals surface area contributed by atoms with E-state index in [0.29, 0.717) is 6.54 Å². The van der Waals surface area contributed by atoms with Gasteiger partial charge in [-0.25, -0.2) is 15.0 Å². The van der Waals surface area contributed by atoms with Crippen molar-refractivity contribution in [2.24, 2.45) is 4.99 Å². The number of hydrogen-bond acceptors (Lipinski definition) is 5. The Morgan fingerprint density at radius 2 is 2.40 bits per heavy atom. The van der Waals surface area contributed by atoms with Crippen LogP contribution in [0, 0.1) is 6.92 Å². The third-order valence-corrected chi connectivity index (χ3v) is 3.50. The number of imidazole rings is 1. The fourth-order valence-electron chi connectivity index (χ4n) is 1.21. The number of aromatic amines is 1. The predicted molar refractivity (Wildman–Crippen MR) is 77.1 cm³/mol. The van der Waals surface area contributed by atoms with E-state index in [2.05, 4.69) is 30.4 Å². The van der Waals surface area contributed by atoms with Crippen LogP contribution in [0.25, 0.3) is 0 Å². The molecule has 0 amide bonds. The maximum absolute atomic E-state index is 10.5. The molecular weight excluding hydrogens is 305 g/mol. The SMILES string of the molecule is CN=C(NCCSCc1nc[nH]c1C)NOP(=O)(O)O. The molecule has 0 spiro atoms. The first-order valence-corrected chi connectivity index (χ1v) is 8.38. The van der Waals surface area contributed by atoms with Crippen molar-refractivity contribution in [1.29, 1.82) is 0 Å². The summed E-state index contributed by atoms with van der Waals surface area (Å²) in [7, 11) is -3.09. The molecule has 0 fully saturated rings. The summed E-state index contributed by atoms with van der Waals surface area (Å²) in [6.45, 7) is 2.53. The van der Waals surface area contributed by atoms with Crippen molar-refractivity contribution >= 4 is 25.5 Å². The van der Waals surface area contributed by atoms with Crippen molar-refractivity contribution in [3.8, 4) is 0 Å². The van der Waals surface area contributed by atoms with Crippen molar-refractivity contribution in [2.45, 2.75) is 12.7 Å². The molecule has 0 aliphatic rings. The van der Waals surface area contributed by atoms with Gasteiger partial charge in [-0.2, -0.15) is 16.4 Å². The lowest BCUT2D eigenvalue weighted by molar-refractivity contribution is 0.161. The van der Waals surface area contributed by atoms with E-state index in [4.69, 9.17) is 9.79 Å². The number of thioether (sulfide) groups is 1. The normalized spacial score (nSPS) is 12.5. The Balaban J connectivity index is 2.16. The number of phosphoric acid groups is 1. The molecule has 1 aromatic heterocycles. The van der Waals surface area contributed by atoms with Crippen molar-refractivity contribution < 1.29 is 19.0 Å². The van der Waals surface area contributed by atoms with Gasteiger partial charge in [-0.15, -0.1) is 0 Å². The van der Waals surface area contributed by atoms with Gasteiger partial charge < -0.3 is 20.1 Å². The summed E-state index contributed by atoms with van der Waals surface area (Å²) in [6, 6.07) is 0. The van der Waals surface area contributed by atoms with Crippen LogP contribution in [0.1, 0.15) is 11.4 Å². The number of aromatic nitrogens is 2. The molecule has 20 heavy (non-hydrogen) atoms. The summed E-state index contributed by atoms with van der Waals surface area (Å²) in [5, 5.41) is 2.86.